The Hall–Kier alpha value is -4.57. The van der Waals surface area contributed by atoms with Crippen molar-refractivity contribution in [2.75, 3.05) is 45.2 Å². The Balaban J connectivity index is 1.54. The molecule has 41 heavy (non-hydrogen) atoms. The summed E-state index contributed by atoms with van der Waals surface area (Å²) in [5.41, 5.74) is 3.93. The van der Waals surface area contributed by atoms with E-state index in [4.69, 9.17) is 23.9 Å². The third-order valence-electron chi connectivity index (χ3n) is 7.26. The molecule has 0 bridgehead atoms. The van der Waals surface area contributed by atoms with Crippen molar-refractivity contribution >= 4 is 34.3 Å². The van der Waals surface area contributed by atoms with Crippen LogP contribution in [0.3, 0.4) is 0 Å². The van der Waals surface area contributed by atoms with Gasteiger partial charge in [0.15, 0.2) is 17.2 Å². The van der Waals surface area contributed by atoms with Crippen molar-refractivity contribution in [2.45, 2.75) is 25.9 Å². The van der Waals surface area contributed by atoms with Gasteiger partial charge in [0.2, 0.25) is 5.91 Å². The molecule has 1 saturated heterocycles. The highest BCUT2D eigenvalue weighted by atomic mass is 16.5. The molecule has 1 amide bonds. The Bertz CT molecular complexity index is 1530. The van der Waals surface area contributed by atoms with Crippen LogP contribution in [0.2, 0.25) is 0 Å². The predicted molar refractivity (Wildman–Crippen MR) is 156 cm³/mol. The molecular weight excluding hydrogens is 524 g/mol. The first kappa shape index (κ1) is 28.0. The van der Waals surface area contributed by atoms with Gasteiger partial charge >= 0.3 is 5.97 Å². The maximum Gasteiger partial charge on any atom is 0.356 e. The van der Waals surface area contributed by atoms with Crippen molar-refractivity contribution in [3.8, 4) is 11.5 Å². The Morgan fingerprint density at radius 1 is 1.07 bits per heavy atom. The fraction of sp³-hybridized carbons (Fsp3) is 0.323. The average Bonchev–Trinajstić information content (AvgIpc) is 3.66. The number of carbonyl (C=O) groups is 2. The number of fused-ring (bicyclic) bond motifs is 1. The molecule has 10 heteroatoms. The number of nitrogens with zero attached hydrogens (tertiary/aromatic N) is 2. The number of hydrogen-bond acceptors (Lipinski definition) is 8. The normalized spacial score (nSPS) is 14.6. The third kappa shape index (κ3) is 5.97. The maximum atomic E-state index is 13.2. The number of benzene rings is 2. The molecule has 5 rings (SSSR count). The molecule has 0 spiro atoms. The van der Waals surface area contributed by atoms with E-state index in [1.165, 1.54) is 7.11 Å². The van der Waals surface area contributed by atoms with E-state index in [9.17, 15) is 9.59 Å². The summed E-state index contributed by atoms with van der Waals surface area (Å²) < 4.78 is 23.4. The van der Waals surface area contributed by atoms with Crippen LogP contribution in [-0.4, -0.2) is 56.0 Å². The van der Waals surface area contributed by atoms with Crippen LogP contribution in [0.1, 0.15) is 28.0 Å². The van der Waals surface area contributed by atoms with Gasteiger partial charge in [0.05, 0.1) is 51.4 Å². The largest absolute Gasteiger partial charge is 0.493 e. The molecule has 0 aliphatic carbocycles. The van der Waals surface area contributed by atoms with Gasteiger partial charge in [-0.3, -0.25) is 4.79 Å². The van der Waals surface area contributed by atoms with Gasteiger partial charge in [0.1, 0.15) is 5.65 Å². The molecular formula is C31H34N4O6. The number of esters is 1. The summed E-state index contributed by atoms with van der Waals surface area (Å²) >= 11 is 0. The second-order valence-electron chi connectivity index (χ2n) is 9.75. The molecule has 214 valence electrons. The zero-order chi connectivity index (χ0) is 28.8. The number of hydrogen-bond donors (Lipinski definition) is 2. The summed E-state index contributed by atoms with van der Waals surface area (Å²) in [7, 11) is 4.54. The quantitative estimate of drug-likeness (QED) is 0.256. The van der Waals surface area contributed by atoms with Crippen molar-refractivity contribution in [3.63, 3.8) is 0 Å². The minimum Gasteiger partial charge on any atom is -0.493 e. The van der Waals surface area contributed by atoms with E-state index in [1.807, 2.05) is 59.2 Å². The fourth-order valence-corrected chi connectivity index (χ4v) is 5.12. The van der Waals surface area contributed by atoms with Crippen LogP contribution in [0, 0.1) is 5.92 Å². The molecule has 10 nitrogen and oxygen atoms in total. The molecule has 1 aliphatic heterocycles. The van der Waals surface area contributed by atoms with Crippen molar-refractivity contribution in [2.24, 2.45) is 5.92 Å². The first-order valence-corrected chi connectivity index (χ1v) is 13.5. The smallest absolute Gasteiger partial charge is 0.356 e. The van der Waals surface area contributed by atoms with Gasteiger partial charge in [0.25, 0.3) is 0 Å². The van der Waals surface area contributed by atoms with Gasteiger partial charge in [0, 0.05) is 30.6 Å². The van der Waals surface area contributed by atoms with Crippen LogP contribution in [0.5, 0.6) is 11.5 Å². The van der Waals surface area contributed by atoms with Crippen LogP contribution in [-0.2, 0) is 33.8 Å². The summed E-state index contributed by atoms with van der Waals surface area (Å²) in [6, 6.07) is 17.6. The standard InChI is InChI=1S/C31H34N4O6/c1-38-25-11-7-10-21(28(25)39-2)17-32-23-16-24-26(34-30(36)22-13-15-41-19-22)27(31(37)40-3)35(29(24)33-18-23)14-12-20-8-5-4-6-9-20/h4-11,16,18,22,32H,12-15,17,19H2,1-3H3,(H,34,36). The number of para-hydroxylation sites is 1. The van der Waals surface area contributed by atoms with Crippen LogP contribution in [0.15, 0.2) is 60.8 Å². The Labute approximate surface area is 238 Å². The Morgan fingerprint density at radius 2 is 1.90 bits per heavy atom. The molecule has 1 fully saturated rings. The number of nitrogens with one attached hydrogen (secondary N) is 2. The molecule has 1 atom stereocenters. The number of ether oxygens (including phenoxy) is 4. The lowest BCUT2D eigenvalue weighted by atomic mass is 10.1. The van der Waals surface area contributed by atoms with Gasteiger partial charge < -0.3 is 34.1 Å². The lowest BCUT2D eigenvalue weighted by Gasteiger charge is -2.14. The number of aryl methyl sites for hydroxylation is 2. The zero-order valence-electron chi connectivity index (χ0n) is 23.4. The van der Waals surface area contributed by atoms with E-state index < -0.39 is 5.97 Å². The molecule has 2 aromatic heterocycles. The number of aromatic nitrogens is 2. The van der Waals surface area contributed by atoms with Gasteiger partial charge in [-0.05, 0) is 30.5 Å². The second-order valence-corrected chi connectivity index (χ2v) is 9.75. The summed E-state index contributed by atoms with van der Waals surface area (Å²) in [5, 5.41) is 7.04. The molecule has 0 saturated carbocycles. The number of pyridine rings is 1. The molecule has 3 heterocycles. The summed E-state index contributed by atoms with van der Waals surface area (Å²) in [5.74, 6) is 0.236. The topological polar surface area (TPSA) is 113 Å². The lowest BCUT2D eigenvalue weighted by molar-refractivity contribution is -0.119. The predicted octanol–water partition coefficient (Wildman–Crippen LogP) is 4.67. The minimum atomic E-state index is -0.551. The monoisotopic (exact) mass is 558 g/mol. The highest BCUT2D eigenvalue weighted by Gasteiger charge is 2.30. The highest BCUT2D eigenvalue weighted by molar-refractivity contribution is 6.11. The van der Waals surface area contributed by atoms with Crippen molar-refractivity contribution in [3.05, 3.63) is 77.6 Å². The highest BCUT2D eigenvalue weighted by Crippen LogP contribution is 2.35. The fourth-order valence-electron chi connectivity index (χ4n) is 5.12. The number of amides is 1. The van der Waals surface area contributed by atoms with Crippen LogP contribution in [0.25, 0.3) is 11.0 Å². The Morgan fingerprint density at radius 3 is 2.61 bits per heavy atom. The van der Waals surface area contributed by atoms with Gasteiger partial charge in [-0.25, -0.2) is 9.78 Å². The zero-order valence-corrected chi connectivity index (χ0v) is 23.4. The SMILES string of the molecule is COC(=O)c1c(NC(=O)C2CCOC2)c2cc(NCc3cccc(OC)c3OC)cnc2n1CCc1ccccc1. The molecule has 0 radical (unpaired) electrons. The van der Waals surface area contributed by atoms with Crippen molar-refractivity contribution in [1.82, 2.24) is 9.55 Å². The van der Waals surface area contributed by atoms with E-state index in [0.717, 1.165) is 11.1 Å². The molecule has 1 unspecified atom stereocenters. The lowest BCUT2D eigenvalue weighted by Crippen LogP contribution is -2.24. The Kier molecular flexibility index (Phi) is 8.69. The van der Waals surface area contributed by atoms with Crippen LogP contribution >= 0.6 is 0 Å². The first-order chi connectivity index (χ1) is 20.0. The summed E-state index contributed by atoms with van der Waals surface area (Å²) in [4.78, 5) is 31.1. The van der Waals surface area contributed by atoms with Gasteiger partial charge in [-0.15, -0.1) is 0 Å². The number of rotatable bonds is 11. The van der Waals surface area contributed by atoms with Crippen molar-refractivity contribution < 1.29 is 28.5 Å². The van der Waals surface area contributed by atoms with Crippen LogP contribution in [0.4, 0.5) is 11.4 Å². The number of carbonyl (C=O) groups excluding carboxylic acids is 2. The maximum absolute atomic E-state index is 13.2. The number of anilines is 2. The minimum absolute atomic E-state index is 0.200. The van der Waals surface area contributed by atoms with E-state index in [-0.39, 0.29) is 17.5 Å². The molecule has 1 aliphatic rings. The average molecular weight is 559 g/mol. The van der Waals surface area contributed by atoms with E-state index >= 15 is 0 Å². The number of methoxy groups -OCH3 is 3. The molecule has 2 aromatic carbocycles. The first-order valence-electron chi connectivity index (χ1n) is 13.5. The van der Waals surface area contributed by atoms with E-state index in [1.54, 1.807) is 20.4 Å². The van der Waals surface area contributed by atoms with Crippen LogP contribution < -0.4 is 20.1 Å². The summed E-state index contributed by atoms with van der Waals surface area (Å²) in [6.07, 6.45) is 3.00. The van der Waals surface area contributed by atoms with Gasteiger partial charge in [-0.1, -0.05) is 42.5 Å². The summed E-state index contributed by atoms with van der Waals surface area (Å²) in [6.45, 7) is 1.78. The van der Waals surface area contributed by atoms with Gasteiger partial charge in [-0.2, -0.15) is 0 Å². The van der Waals surface area contributed by atoms with E-state index in [2.05, 4.69) is 10.6 Å². The molecule has 2 N–H and O–H groups in total. The van der Waals surface area contributed by atoms with Crippen molar-refractivity contribution in [1.29, 1.82) is 0 Å². The second kappa shape index (κ2) is 12.7. The third-order valence-corrected chi connectivity index (χ3v) is 7.26. The molecule has 4 aromatic rings. The van der Waals surface area contributed by atoms with E-state index in [0.29, 0.717) is 73.1 Å².